The number of ether oxygens (including phenoxy) is 1. The summed E-state index contributed by atoms with van der Waals surface area (Å²) in [4.78, 5) is 8.95. The van der Waals surface area contributed by atoms with Crippen LogP contribution in [0.3, 0.4) is 0 Å². The fourth-order valence-corrected chi connectivity index (χ4v) is 2.90. The summed E-state index contributed by atoms with van der Waals surface area (Å²) in [5.41, 5.74) is 1.49. The standard InChI is InChI=1S/C15H18ClN3O2/c1-21-14-7-13-12(6-11(14)16)17-8-15(19-13)18-9-2-4-10(20)5-3-9/h6-10,20H,2-5H2,1H3,(H,18,19). The van der Waals surface area contributed by atoms with Crippen LogP contribution in [0.2, 0.25) is 5.02 Å². The van der Waals surface area contributed by atoms with Gasteiger partial charge in [0.15, 0.2) is 0 Å². The number of halogens is 1. The van der Waals surface area contributed by atoms with Crippen LogP contribution in [0.4, 0.5) is 5.82 Å². The van der Waals surface area contributed by atoms with Crippen LogP contribution in [-0.4, -0.2) is 34.3 Å². The molecule has 3 rings (SSSR count). The second-order valence-corrected chi connectivity index (χ2v) is 5.79. The average molecular weight is 308 g/mol. The number of hydrogen-bond donors (Lipinski definition) is 2. The van der Waals surface area contributed by atoms with E-state index in [1.807, 2.05) is 0 Å². The molecule has 1 aromatic heterocycles. The van der Waals surface area contributed by atoms with Gasteiger partial charge in [-0.25, -0.2) is 4.98 Å². The van der Waals surface area contributed by atoms with E-state index in [0.29, 0.717) is 16.8 Å². The highest BCUT2D eigenvalue weighted by atomic mass is 35.5. The Kier molecular flexibility index (Phi) is 4.12. The molecule has 0 spiro atoms. The number of benzene rings is 1. The summed E-state index contributed by atoms with van der Waals surface area (Å²) in [6.45, 7) is 0. The normalized spacial score (nSPS) is 22.2. The summed E-state index contributed by atoms with van der Waals surface area (Å²) >= 11 is 6.08. The van der Waals surface area contributed by atoms with Crippen molar-refractivity contribution in [3.8, 4) is 5.75 Å². The van der Waals surface area contributed by atoms with E-state index in [2.05, 4.69) is 15.3 Å². The first kappa shape index (κ1) is 14.4. The lowest BCUT2D eigenvalue weighted by Crippen LogP contribution is -2.28. The van der Waals surface area contributed by atoms with Crippen molar-refractivity contribution in [2.24, 2.45) is 0 Å². The largest absolute Gasteiger partial charge is 0.495 e. The van der Waals surface area contributed by atoms with E-state index in [-0.39, 0.29) is 6.10 Å². The van der Waals surface area contributed by atoms with Gasteiger partial charge < -0.3 is 15.2 Å². The van der Waals surface area contributed by atoms with Crippen LogP contribution in [0, 0.1) is 0 Å². The molecule has 0 radical (unpaired) electrons. The minimum atomic E-state index is -0.155. The summed E-state index contributed by atoms with van der Waals surface area (Å²) < 4.78 is 5.21. The highest BCUT2D eigenvalue weighted by Crippen LogP contribution is 2.29. The lowest BCUT2D eigenvalue weighted by molar-refractivity contribution is 0.126. The molecule has 0 bridgehead atoms. The third kappa shape index (κ3) is 3.19. The van der Waals surface area contributed by atoms with Crippen molar-refractivity contribution >= 4 is 28.5 Å². The van der Waals surface area contributed by atoms with Gasteiger partial charge in [-0.1, -0.05) is 11.6 Å². The van der Waals surface area contributed by atoms with Gasteiger partial charge in [-0.3, -0.25) is 4.98 Å². The molecule has 0 saturated heterocycles. The molecule has 1 aliphatic carbocycles. The van der Waals surface area contributed by atoms with Gasteiger partial charge in [-0.05, 0) is 31.7 Å². The molecular formula is C15H18ClN3O2. The molecule has 1 aliphatic rings. The first-order chi connectivity index (χ1) is 10.2. The Hall–Kier alpha value is -1.59. The zero-order valence-electron chi connectivity index (χ0n) is 11.8. The van der Waals surface area contributed by atoms with Crippen LogP contribution in [0.15, 0.2) is 18.3 Å². The second kappa shape index (κ2) is 6.03. The van der Waals surface area contributed by atoms with Crippen LogP contribution in [0.1, 0.15) is 25.7 Å². The molecule has 1 saturated carbocycles. The number of aromatic nitrogens is 2. The number of hydrogen-bond acceptors (Lipinski definition) is 5. The number of methoxy groups -OCH3 is 1. The molecule has 21 heavy (non-hydrogen) atoms. The number of nitrogens with one attached hydrogen (secondary N) is 1. The number of aliphatic hydroxyl groups excluding tert-OH is 1. The molecule has 6 heteroatoms. The minimum Gasteiger partial charge on any atom is -0.495 e. The third-order valence-corrected chi connectivity index (χ3v) is 4.16. The van der Waals surface area contributed by atoms with E-state index >= 15 is 0 Å². The topological polar surface area (TPSA) is 67.3 Å². The maximum Gasteiger partial charge on any atom is 0.145 e. The fourth-order valence-electron chi connectivity index (χ4n) is 2.67. The average Bonchev–Trinajstić information content (AvgIpc) is 2.49. The zero-order valence-corrected chi connectivity index (χ0v) is 12.6. The number of aliphatic hydroxyl groups is 1. The Morgan fingerprint density at radius 2 is 2.00 bits per heavy atom. The Balaban J connectivity index is 1.81. The number of rotatable bonds is 3. The maximum absolute atomic E-state index is 9.54. The van der Waals surface area contributed by atoms with Crippen molar-refractivity contribution in [2.45, 2.75) is 37.8 Å². The van der Waals surface area contributed by atoms with Gasteiger partial charge in [0.1, 0.15) is 11.6 Å². The third-order valence-electron chi connectivity index (χ3n) is 3.86. The second-order valence-electron chi connectivity index (χ2n) is 5.38. The van der Waals surface area contributed by atoms with E-state index in [4.69, 9.17) is 16.3 Å². The molecule has 5 nitrogen and oxygen atoms in total. The molecule has 1 heterocycles. The van der Waals surface area contributed by atoms with Crippen LogP contribution >= 0.6 is 11.6 Å². The zero-order chi connectivity index (χ0) is 14.8. The number of nitrogens with zero attached hydrogens (tertiary/aromatic N) is 2. The fraction of sp³-hybridized carbons (Fsp3) is 0.467. The van der Waals surface area contributed by atoms with Crippen molar-refractivity contribution in [1.82, 2.24) is 9.97 Å². The highest BCUT2D eigenvalue weighted by molar-refractivity contribution is 6.32. The maximum atomic E-state index is 9.54. The predicted molar refractivity (Wildman–Crippen MR) is 83.0 cm³/mol. The molecule has 0 aliphatic heterocycles. The molecule has 1 aromatic carbocycles. The smallest absolute Gasteiger partial charge is 0.145 e. The Bertz CT molecular complexity index is 642. The summed E-state index contributed by atoms with van der Waals surface area (Å²) in [5, 5.41) is 13.5. The Morgan fingerprint density at radius 3 is 2.71 bits per heavy atom. The van der Waals surface area contributed by atoms with Crippen molar-refractivity contribution < 1.29 is 9.84 Å². The SMILES string of the molecule is COc1cc2nc(NC3CCC(O)CC3)cnc2cc1Cl. The molecule has 0 amide bonds. The molecule has 0 unspecified atom stereocenters. The van der Waals surface area contributed by atoms with Crippen molar-refractivity contribution in [3.63, 3.8) is 0 Å². The van der Waals surface area contributed by atoms with Gasteiger partial charge in [0.2, 0.25) is 0 Å². The van der Waals surface area contributed by atoms with E-state index in [1.54, 1.807) is 25.4 Å². The lowest BCUT2D eigenvalue weighted by Gasteiger charge is -2.26. The van der Waals surface area contributed by atoms with Gasteiger partial charge in [-0.15, -0.1) is 0 Å². The molecule has 112 valence electrons. The quantitative estimate of drug-likeness (QED) is 0.912. The number of anilines is 1. The molecule has 1 fully saturated rings. The summed E-state index contributed by atoms with van der Waals surface area (Å²) in [6, 6.07) is 3.89. The lowest BCUT2D eigenvalue weighted by atomic mass is 9.93. The van der Waals surface area contributed by atoms with Gasteiger partial charge in [0.05, 0.1) is 35.5 Å². The summed E-state index contributed by atoms with van der Waals surface area (Å²) in [5.74, 6) is 1.34. The first-order valence-electron chi connectivity index (χ1n) is 7.10. The van der Waals surface area contributed by atoms with Gasteiger partial charge in [0, 0.05) is 12.1 Å². The van der Waals surface area contributed by atoms with Gasteiger partial charge in [-0.2, -0.15) is 0 Å². The first-order valence-corrected chi connectivity index (χ1v) is 7.48. The Morgan fingerprint density at radius 1 is 1.24 bits per heavy atom. The van der Waals surface area contributed by atoms with E-state index in [0.717, 1.165) is 42.5 Å². The minimum absolute atomic E-state index is 0.155. The van der Waals surface area contributed by atoms with Crippen LogP contribution in [-0.2, 0) is 0 Å². The van der Waals surface area contributed by atoms with Crippen LogP contribution in [0.25, 0.3) is 11.0 Å². The molecule has 2 aromatic rings. The van der Waals surface area contributed by atoms with Crippen LogP contribution in [0.5, 0.6) is 5.75 Å². The van der Waals surface area contributed by atoms with Gasteiger partial charge >= 0.3 is 0 Å². The molecule has 2 N–H and O–H groups in total. The van der Waals surface area contributed by atoms with Crippen LogP contribution < -0.4 is 10.1 Å². The van der Waals surface area contributed by atoms with Crippen molar-refractivity contribution in [3.05, 3.63) is 23.4 Å². The summed E-state index contributed by atoms with van der Waals surface area (Å²) in [7, 11) is 1.58. The molecular weight excluding hydrogens is 290 g/mol. The van der Waals surface area contributed by atoms with Crippen molar-refractivity contribution in [2.75, 3.05) is 12.4 Å². The monoisotopic (exact) mass is 307 g/mol. The Labute approximate surface area is 128 Å². The van der Waals surface area contributed by atoms with E-state index in [1.165, 1.54) is 0 Å². The van der Waals surface area contributed by atoms with E-state index < -0.39 is 0 Å². The van der Waals surface area contributed by atoms with Gasteiger partial charge in [0.25, 0.3) is 0 Å². The predicted octanol–water partition coefficient (Wildman–Crippen LogP) is 3.01. The highest BCUT2D eigenvalue weighted by Gasteiger charge is 2.19. The number of fused-ring (bicyclic) bond motifs is 1. The van der Waals surface area contributed by atoms with Crippen molar-refractivity contribution in [1.29, 1.82) is 0 Å². The summed E-state index contributed by atoms with van der Waals surface area (Å²) in [6.07, 6.45) is 5.13. The van der Waals surface area contributed by atoms with E-state index in [9.17, 15) is 5.11 Å². The molecule has 0 atom stereocenters.